The summed E-state index contributed by atoms with van der Waals surface area (Å²) in [6, 6.07) is 5.09. The van der Waals surface area contributed by atoms with Crippen LogP contribution in [-0.2, 0) is 20.9 Å². The van der Waals surface area contributed by atoms with Crippen LogP contribution in [-0.4, -0.2) is 29.7 Å². The minimum atomic E-state index is -0.923. The van der Waals surface area contributed by atoms with Gasteiger partial charge in [-0.3, -0.25) is 9.59 Å². The van der Waals surface area contributed by atoms with Gasteiger partial charge in [0.25, 0.3) is 0 Å². The highest BCUT2D eigenvalue weighted by Gasteiger charge is 2.30. The van der Waals surface area contributed by atoms with E-state index in [-0.39, 0.29) is 12.5 Å². The normalized spacial score (nSPS) is 13.1. The molecule has 0 aliphatic carbocycles. The third kappa shape index (κ3) is 8.54. The molecule has 0 aliphatic rings. The van der Waals surface area contributed by atoms with Gasteiger partial charge in [0.05, 0.1) is 12.1 Å². The van der Waals surface area contributed by atoms with Gasteiger partial charge in [0.15, 0.2) is 0 Å². The first-order valence-electron chi connectivity index (χ1n) is 9.25. The Kier molecular flexibility index (Phi) is 10.0. The fraction of sp³-hybridized carbons (Fsp3) is 0.550. The molecule has 0 saturated carbocycles. The number of hydrogen-bond acceptors (Lipinski definition) is 5. The number of amides is 1. The standard InChI is InChI=1S/C20H29ClN2O4/c1-4-5-6-17(19(25)18(24)16(22)11-13(2)3)23-20(26)27-12-14-7-9-15(21)10-8-14/h7-10,13,16-17H,4-6,11-12,22H2,1-3H3,(H,23,26)/t16-,17-/m0/s1. The number of nitrogens with two attached hydrogens (primary N) is 1. The molecule has 1 amide bonds. The largest absolute Gasteiger partial charge is 0.445 e. The smallest absolute Gasteiger partial charge is 0.408 e. The van der Waals surface area contributed by atoms with Crippen LogP contribution in [0.15, 0.2) is 24.3 Å². The van der Waals surface area contributed by atoms with Crippen molar-refractivity contribution in [1.82, 2.24) is 5.32 Å². The van der Waals surface area contributed by atoms with E-state index in [1.165, 1.54) is 0 Å². The summed E-state index contributed by atoms with van der Waals surface area (Å²) in [6.45, 7) is 5.86. The van der Waals surface area contributed by atoms with Crippen LogP contribution in [0.1, 0.15) is 52.0 Å². The summed E-state index contributed by atoms with van der Waals surface area (Å²) in [7, 11) is 0. The second-order valence-corrected chi connectivity index (χ2v) is 7.44. The zero-order valence-electron chi connectivity index (χ0n) is 16.2. The van der Waals surface area contributed by atoms with E-state index in [1.54, 1.807) is 24.3 Å². The average molecular weight is 397 g/mol. The van der Waals surface area contributed by atoms with E-state index < -0.39 is 29.7 Å². The Balaban J connectivity index is 2.66. The Bertz CT molecular complexity index is 631. The van der Waals surface area contributed by atoms with E-state index in [1.807, 2.05) is 20.8 Å². The van der Waals surface area contributed by atoms with Gasteiger partial charge in [0, 0.05) is 5.02 Å². The average Bonchev–Trinajstić information content (AvgIpc) is 2.62. The lowest BCUT2D eigenvalue weighted by molar-refractivity contribution is -0.138. The molecule has 0 aliphatic heterocycles. The van der Waals surface area contributed by atoms with E-state index in [4.69, 9.17) is 22.1 Å². The lowest BCUT2D eigenvalue weighted by Crippen LogP contribution is -2.49. The molecule has 3 N–H and O–H groups in total. The van der Waals surface area contributed by atoms with Crippen molar-refractivity contribution in [2.75, 3.05) is 0 Å². The zero-order chi connectivity index (χ0) is 20.4. The Morgan fingerprint density at radius 2 is 1.78 bits per heavy atom. The van der Waals surface area contributed by atoms with Gasteiger partial charge in [-0.25, -0.2) is 4.79 Å². The maximum atomic E-state index is 12.5. The number of halogens is 1. The van der Waals surface area contributed by atoms with E-state index in [9.17, 15) is 14.4 Å². The van der Waals surface area contributed by atoms with Gasteiger partial charge in [-0.15, -0.1) is 0 Å². The molecule has 27 heavy (non-hydrogen) atoms. The van der Waals surface area contributed by atoms with Crippen molar-refractivity contribution in [3.05, 3.63) is 34.9 Å². The Labute approximate surface area is 165 Å². The molecular formula is C20H29ClN2O4. The Morgan fingerprint density at radius 3 is 2.33 bits per heavy atom. The molecule has 150 valence electrons. The maximum Gasteiger partial charge on any atom is 0.408 e. The number of carbonyl (C=O) groups excluding carboxylic acids is 3. The highest BCUT2D eigenvalue weighted by Crippen LogP contribution is 2.11. The van der Waals surface area contributed by atoms with Crippen LogP contribution in [0.4, 0.5) is 4.79 Å². The molecule has 0 unspecified atom stereocenters. The van der Waals surface area contributed by atoms with Crippen LogP contribution in [0.25, 0.3) is 0 Å². The van der Waals surface area contributed by atoms with Crippen molar-refractivity contribution in [2.24, 2.45) is 11.7 Å². The zero-order valence-corrected chi connectivity index (χ0v) is 16.9. The molecule has 0 spiro atoms. The summed E-state index contributed by atoms with van der Waals surface area (Å²) in [5.41, 5.74) is 6.60. The molecule has 0 bridgehead atoms. The van der Waals surface area contributed by atoms with E-state index >= 15 is 0 Å². The summed E-state index contributed by atoms with van der Waals surface area (Å²) in [6.07, 6.45) is 1.57. The molecule has 0 saturated heterocycles. The molecule has 7 heteroatoms. The molecular weight excluding hydrogens is 368 g/mol. The van der Waals surface area contributed by atoms with Crippen molar-refractivity contribution < 1.29 is 19.1 Å². The first-order valence-corrected chi connectivity index (χ1v) is 9.63. The molecule has 0 aromatic heterocycles. The van der Waals surface area contributed by atoms with Crippen LogP contribution in [0.5, 0.6) is 0 Å². The Hall–Kier alpha value is -1.92. The molecule has 0 radical (unpaired) electrons. The Morgan fingerprint density at radius 1 is 1.15 bits per heavy atom. The van der Waals surface area contributed by atoms with Gasteiger partial charge in [0.2, 0.25) is 11.6 Å². The molecule has 1 rings (SSSR count). The highest BCUT2D eigenvalue weighted by atomic mass is 35.5. The second-order valence-electron chi connectivity index (χ2n) is 7.01. The van der Waals surface area contributed by atoms with Crippen LogP contribution in [0.2, 0.25) is 5.02 Å². The predicted molar refractivity (Wildman–Crippen MR) is 106 cm³/mol. The number of ether oxygens (including phenoxy) is 1. The summed E-state index contributed by atoms with van der Waals surface area (Å²) in [4.78, 5) is 36.9. The van der Waals surface area contributed by atoms with Crippen LogP contribution in [0.3, 0.4) is 0 Å². The number of rotatable bonds is 11. The third-order valence-electron chi connectivity index (χ3n) is 4.04. The lowest BCUT2D eigenvalue weighted by atomic mass is 9.94. The number of hydrogen-bond donors (Lipinski definition) is 2. The highest BCUT2D eigenvalue weighted by molar-refractivity contribution is 6.41. The summed E-state index contributed by atoms with van der Waals surface area (Å²) < 4.78 is 5.15. The van der Waals surface area contributed by atoms with Gasteiger partial charge in [0.1, 0.15) is 6.61 Å². The van der Waals surface area contributed by atoms with E-state index in [2.05, 4.69) is 5.32 Å². The van der Waals surface area contributed by atoms with Crippen LogP contribution >= 0.6 is 11.6 Å². The van der Waals surface area contributed by atoms with E-state index in [0.717, 1.165) is 12.0 Å². The van der Waals surface area contributed by atoms with Crippen molar-refractivity contribution in [1.29, 1.82) is 0 Å². The van der Waals surface area contributed by atoms with Gasteiger partial charge in [-0.2, -0.15) is 0 Å². The number of nitrogens with one attached hydrogen (secondary N) is 1. The summed E-state index contributed by atoms with van der Waals surface area (Å²) in [5, 5.41) is 3.10. The monoisotopic (exact) mass is 396 g/mol. The van der Waals surface area contributed by atoms with Crippen molar-refractivity contribution in [2.45, 2.75) is 65.1 Å². The molecule has 1 aromatic carbocycles. The molecule has 6 nitrogen and oxygen atoms in total. The third-order valence-corrected chi connectivity index (χ3v) is 4.30. The number of Topliss-reactive ketones (excluding diaryl/α,β-unsaturated/α-hetero) is 2. The number of alkyl carbamates (subject to hydrolysis) is 1. The summed E-state index contributed by atoms with van der Waals surface area (Å²) in [5.74, 6) is -1.12. The molecule has 0 fully saturated rings. The quantitative estimate of drug-likeness (QED) is 0.556. The first-order chi connectivity index (χ1) is 12.7. The van der Waals surface area contributed by atoms with Crippen molar-refractivity contribution >= 4 is 29.3 Å². The fourth-order valence-electron chi connectivity index (χ4n) is 2.56. The predicted octanol–water partition coefficient (Wildman–Crippen LogP) is 3.64. The minimum Gasteiger partial charge on any atom is -0.445 e. The van der Waals surface area contributed by atoms with Crippen LogP contribution < -0.4 is 11.1 Å². The van der Waals surface area contributed by atoms with Crippen molar-refractivity contribution in [3.8, 4) is 0 Å². The van der Waals surface area contributed by atoms with E-state index in [0.29, 0.717) is 24.3 Å². The second kappa shape index (κ2) is 11.7. The number of ketones is 2. The van der Waals surface area contributed by atoms with Gasteiger partial charge < -0.3 is 15.8 Å². The van der Waals surface area contributed by atoms with Gasteiger partial charge in [-0.05, 0) is 36.5 Å². The minimum absolute atomic E-state index is 0.0402. The maximum absolute atomic E-state index is 12.5. The molecule has 1 aromatic rings. The molecule has 2 atom stereocenters. The topological polar surface area (TPSA) is 98.5 Å². The number of unbranched alkanes of at least 4 members (excludes halogenated alkanes) is 1. The number of carbonyl (C=O) groups is 3. The lowest BCUT2D eigenvalue weighted by Gasteiger charge is -2.19. The van der Waals surface area contributed by atoms with Crippen LogP contribution in [0, 0.1) is 5.92 Å². The number of benzene rings is 1. The SMILES string of the molecule is CCCC[C@H](NC(=O)OCc1ccc(Cl)cc1)C(=O)C(=O)[C@@H](N)CC(C)C. The fourth-order valence-corrected chi connectivity index (χ4v) is 2.69. The van der Waals surface area contributed by atoms with Crippen molar-refractivity contribution in [3.63, 3.8) is 0 Å². The summed E-state index contributed by atoms with van der Waals surface area (Å²) >= 11 is 5.81. The van der Waals surface area contributed by atoms with Gasteiger partial charge >= 0.3 is 6.09 Å². The van der Waals surface area contributed by atoms with Gasteiger partial charge in [-0.1, -0.05) is 57.3 Å². The first kappa shape index (κ1) is 23.1. The molecule has 0 heterocycles.